The highest BCUT2D eigenvalue weighted by Crippen LogP contribution is 2.45. The molecule has 1 aromatic heterocycles. The SMILES string of the molecule is O=C(NC1(c2ccccc2)CC1)c1cc2cc(Cl)cc(F)c2[nH]1. The minimum Gasteiger partial charge on any atom is -0.348 e. The van der Waals surface area contributed by atoms with Gasteiger partial charge < -0.3 is 10.3 Å². The van der Waals surface area contributed by atoms with Crippen molar-refractivity contribution in [3.05, 3.63) is 70.6 Å². The zero-order valence-electron chi connectivity index (χ0n) is 12.2. The summed E-state index contributed by atoms with van der Waals surface area (Å²) < 4.78 is 13.9. The number of amides is 1. The second-order valence-electron chi connectivity index (χ2n) is 5.94. The molecule has 1 aliphatic carbocycles. The van der Waals surface area contributed by atoms with Crippen molar-refractivity contribution in [2.75, 3.05) is 0 Å². The van der Waals surface area contributed by atoms with Gasteiger partial charge in [-0.05, 0) is 36.6 Å². The van der Waals surface area contributed by atoms with E-state index in [1.165, 1.54) is 6.07 Å². The molecule has 0 aliphatic heterocycles. The molecule has 3 aromatic rings. The molecule has 5 heteroatoms. The highest BCUT2D eigenvalue weighted by atomic mass is 35.5. The number of fused-ring (bicyclic) bond motifs is 1. The quantitative estimate of drug-likeness (QED) is 0.736. The van der Waals surface area contributed by atoms with Crippen LogP contribution in [-0.4, -0.2) is 10.9 Å². The third-order valence-electron chi connectivity index (χ3n) is 4.32. The van der Waals surface area contributed by atoms with Gasteiger partial charge in [0.2, 0.25) is 0 Å². The molecule has 2 N–H and O–H groups in total. The van der Waals surface area contributed by atoms with E-state index < -0.39 is 5.82 Å². The molecule has 3 nitrogen and oxygen atoms in total. The van der Waals surface area contributed by atoms with E-state index >= 15 is 0 Å². The summed E-state index contributed by atoms with van der Waals surface area (Å²) in [5.41, 5.74) is 1.43. The lowest BCUT2D eigenvalue weighted by Gasteiger charge is -2.17. The maximum Gasteiger partial charge on any atom is 0.268 e. The lowest BCUT2D eigenvalue weighted by atomic mass is 10.0. The highest BCUT2D eigenvalue weighted by Gasteiger charge is 2.45. The first kappa shape index (κ1) is 14.3. The topological polar surface area (TPSA) is 44.9 Å². The fourth-order valence-electron chi connectivity index (χ4n) is 2.94. The van der Waals surface area contributed by atoms with E-state index in [2.05, 4.69) is 10.3 Å². The van der Waals surface area contributed by atoms with Gasteiger partial charge in [-0.1, -0.05) is 41.9 Å². The number of aromatic nitrogens is 1. The van der Waals surface area contributed by atoms with Crippen LogP contribution >= 0.6 is 11.6 Å². The average Bonchev–Trinajstić information content (AvgIpc) is 3.18. The standard InChI is InChI=1S/C18H14ClFN2O/c19-13-8-11-9-15(21-16(11)14(20)10-13)17(23)22-18(6-7-18)12-4-2-1-3-5-12/h1-5,8-10,21H,6-7H2,(H,22,23). The lowest BCUT2D eigenvalue weighted by Crippen LogP contribution is -2.35. The highest BCUT2D eigenvalue weighted by molar-refractivity contribution is 6.31. The van der Waals surface area contributed by atoms with Crippen LogP contribution in [-0.2, 0) is 5.54 Å². The lowest BCUT2D eigenvalue weighted by molar-refractivity contribution is 0.0926. The smallest absolute Gasteiger partial charge is 0.268 e. The zero-order chi connectivity index (χ0) is 16.0. The third-order valence-corrected chi connectivity index (χ3v) is 4.54. The largest absolute Gasteiger partial charge is 0.348 e. The number of hydrogen-bond donors (Lipinski definition) is 2. The molecular formula is C18H14ClFN2O. The molecule has 0 saturated heterocycles. The number of benzene rings is 2. The summed E-state index contributed by atoms with van der Waals surface area (Å²) in [5, 5.41) is 3.97. The molecule has 1 heterocycles. The monoisotopic (exact) mass is 328 g/mol. The molecule has 2 aromatic carbocycles. The van der Waals surface area contributed by atoms with Gasteiger partial charge in [0, 0.05) is 10.4 Å². The van der Waals surface area contributed by atoms with E-state index in [9.17, 15) is 9.18 Å². The van der Waals surface area contributed by atoms with E-state index in [1.54, 1.807) is 12.1 Å². The molecule has 0 bridgehead atoms. The Morgan fingerprint density at radius 1 is 1.17 bits per heavy atom. The molecule has 116 valence electrons. The number of rotatable bonds is 3. The molecule has 0 radical (unpaired) electrons. The molecule has 23 heavy (non-hydrogen) atoms. The van der Waals surface area contributed by atoms with Crippen molar-refractivity contribution in [1.29, 1.82) is 0 Å². The van der Waals surface area contributed by atoms with Crippen molar-refractivity contribution in [1.82, 2.24) is 10.3 Å². The van der Waals surface area contributed by atoms with Crippen molar-refractivity contribution in [3.8, 4) is 0 Å². The van der Waals surface area contributed by atoms with E-state index in [0.717, 1.165) is 18.4 Å². The van der Waals surface area contributed by atoms with Gasteiger partial charge in [-0.3, -0.25) is 4.79 Å². The van der Waals surface area contributed by atoms with Crippen molar-refractivity contribution in [2.24, 2.45) is 0 Å². The Balaban J connectivity index is 1.64. The van der Waals surface area contributed by atoms with Gasteiger partial charge >= 0.3 is 0 Å². The van der Waals surface area contributed by atoms with Crippen LogP contribution in [0.15, 0.2) is 48.5 Å². The van der Waals surface area contributed by atoms with Crippen molar-refractivity contribution < 1.29 is 9.18 Å². The van der Waals surface area contributed by atoms with Crippen molar-refractivity contribution in [3.63, 3.8) is 0 Å². The van der Waals surface area contributed by atoms with Crippen molar-refractivity contribution in [2.45, 2.75) is 18.4 Å². The summed E-state index contributed by atoms with van der Waals surface area (Å²) in [6.45, 7) is 0. The van der Waals surface area contributed by atoms with Crippen LogP contribution in [0, 0.1) is 5.82 Å². The van der Waals surface area contributed by atoms with E-state index in [4.69, 9.17) is 11.6 Å². The maximum atomic E-state index is 13.9. The first-order valence-corrected chi connectivity index (χ1v) is 7.81. The molecular weight excluding hydrogens is 315 g/mol. The van der Waals surface area contributed by atoms with E-state index in [0.29, 0.717) is 21.6 Å². The summed E-state index contributed by atoms with van der Waals surface area (Å²) in [4.78, 5) is 15.4. The number of aromatic amines is 1. The van der Waals surface area contributed by atoms with Gasteiger partial charge in [0.1, 0.15) is 11.5 Å². The minimum atomic E-state index is -0.462. The fourth-order valence-corrected chi connectivity index (χ4v) is 3.15. The Morgan fingerprint density at radius 2 is 1.91 bits per heavy atom. The van der Waals surface area contributed by atoms with Gasteiger partial charge in [0.05, 0.1) is 11.1 Å². The number of carbonyl (C=O) groups excluding carboxylic acids is 1. The number of hydrogen-bond acceptors (Lipinski definition) is 1. The minimum absolute atomic E-state index is 0.238. The summed E-state index contributed by atoms with van der Waals surface area (Å²) >= 11 is 5.85. The molecule has 0 spiro atoms. The van der Waals surface area contributed by atoms with Gasteiger partial charge in [-0.25, -0.2) is 4.39 Å². The molecule has 1 fully saturated rings. The number of halogens is 2. The number of H-pyrrole nitrogens is 1. The second-order valence-corrected chi connectivity index (χ2v) is 6.37. The van der Waals surface area contributed by atoms with Gasteiger partial charge in [-0.15, -0.1) is 0 Å². The van der Waals surface area contributed by atoms with E-state index in [1.807, 2.05) is 30.3 Å². The molecule has 1 saturated carbocycles. The van der Waals surface area contributed by atoms with Crippen molar-refractivity contribution >= 4 is 28.4 Å². The Labute approximate surface area is 137 Å². The summed E-state index contributed by atoms with van der Waals surface area (Å²) in [7, 11) is 0. The predicted molar refractivity (Wildman–Crippen MR) is 88.1 cm³/mol. The first-order valence-electron chi connectivity index (χ1n) is 7.43. The van der Waals surface area contributed by atoms with Crippen LogP contribution in [0.3, 0.4) is 0 Å². The molecule has 0 atom stereocenters. The molecule has 0 unspecified atom stereocenters. The Kier molecular flexibility index (Phi) is 3.16. The summed E-state index contributed by atoms with van der Waals surface area (Å²) in [6, 6.07) is 14.4. The molecule has 1 aliphatic rings. The zero-order valence-corrected chi connectivity index (χ0v) is 13.0. The van der Waals surface area contributed by atoms with Crippen LogP contribution in [0.1, 0.15) is 28.9 Å². The molecule has 1 amide bonds. The fraction of sp³-hybridized carbons (Fsp3) is 0.167. The summed E-state index contributed by atoms with van der Waals surface area (Å²) in [6.07, 6.45) is 1.81. The Morgan fingerprint density at radius 3 is 2.61 bits per heavy atom. The van der Waals surface area contributed by atoms with Gasteiger partial charge in [-0.2, -0.15) is 0 Å². The third kappa shape index (κ3) is 2.49. The number of carbonyl (C=O) groups is 1. The average molecular weight is 329 g/mol. The maximum absolute atomic E-state index is 13.9. The van der Waals surface area contributed by atoms with Crippen LogP contribution < -0.4 is 5.32 Å². The normalized spacial score (nSPS) is 15.6. The van der Waals surface area contributed by atoms with Gasteiger partial charge in [0.25, 0.3) is 5.91 Å². The second kappa shape index (κ2) is 5.10. The molecule has 4 rings (SSSR count). The van der Waals surface area contributed by atoms with Crippen LogP contribution in [0.2, 0.25) is 5.02 Å². The van der Waals surface area contributed by atoms with Crippen LogP contribution in [0.4, 0.5) is 4.39 Å². The number of nitrogens with one attached hydrogen (secondary N) is 2. The predicted octanol–water partition coefficient (Wildman–Crippen LogP) is 4.38. The van der Waals surface area contributed by atoms with E-state index in [-0.39, 0.29) is 11.4 Å². The van der Waals surface area contributed by atoms with Crippen LogP contribution in [0.25, 0.3) is 10.9 Å². The first-order chi connectivity index (χ1) is 11.1. The Bertz CT molecular complexity index is 900. The van der Waals surface area contributed by atoms with Gasteiger partial charge in [0.15, 0.2) is 0 Å². The Hall–Kier alpha value is -2.33. The summed E-state index contributed by atoms with van der Waals surface area (Å²) in [5.74, 6) is -0.700. The van der Waals surface area contributed by atoms with Crippen LogP contribution in [0.5, 0.6) is 0 Å².